The summed E-state index contributed by atoms with van der Waals surface area (Å²) in [5.41, 5.74) is 0. The van der Waals surface area contributed by atoms with E-state index < -0.39 is 0 Å². The maximum Gasteiger partial charge on any atom is 0.243 e. The fourth-order valence-corrected chi connectivity index (χ4v) is 1.45. The van der Waals surface area contributed by atoms with E-state index in [1.54, 1.807) is 0 Å². The van der Waals surface area contributed by atoms with Crippen LogP contribution >= 0.6 is 23.1 Å². The third-order valence-electron chi connectivity index (χ3n) is 0.712. The van der Waals surface area contributed by atoms with Crippen molar-refractivity contribution in [3.8, 4) is 0 Å². The largest absolute Gasteiger partial charge is 0.243 e. The summed E-state index contributed by atoms with van der Waals surface area (Å²) in [7, 11) is 0. The standard InChI is InChI=1S/C4H3N3OS2/c1-9-4-7-6-3(10-4)5-2-8/h1H3. The van der Waals surface area contributed by atoms with E-state index in [1.807, 2.05) is 6.26 Å². The summed E-state index contributed by atoms with van der Waals surface area (Å²) in [5, 5.41) is 7.67. The van der Waals surface area contributed by atoms with Crippen molar-refractivity contribution in [2.24, 2.45) is 4.99 Å². The molecule has 0 atom stereocenters. The van der Waals surface area contributed by atoms with Crippen LogP contribution in [0.15, 0.2) is 9.33 Å². The van der Waals surface area contributed by atoms with Gasteiger partial charge in [0.05, 0.1) is 0 Å². The molecule has 1 rings (SSSR count). The first kappa shape index (κ1) is 7.40. The Labute approximate surface area is 65.4 Å². The predicted octanol–water partition coefficient (Wildman–Crippen LogP) is 1.23. The molecule has 0 aliphatic rings. The molecule has 0 bridgehead atoms. The topological polar surface area (TPSA) is 55.2 Å². The number of nitrogens with zero attached hydrogens (tertiary/aromatic N) is 3. The van der Waals surface area contributed by atoms with Crippen molar-refractivity contribution < 1.29 is 4.79 Å². The van der Waals surface area contributed by atoms with E-state index in [-0.39, 0.29) is 0 Å². The molecular weight excluding hydrogens is 170 g/mol. The Hall–Kier alpha value is -0.710. The van der Waals surface area contributed by atoms with Crippen molar-refractivity contribution in [1.82, 2.24) is 10.2 Å². The minimum absolute atomic E-state index is 0.361. The van der Waals surface area contributed by atoms with Gasteiger partial charge in [-0.15, -0.1) is 15.2 Å². The Balaban J connectivity index is 2.87. The van der Waals surface area contributed by atoms with Crippen molar-refractivity contribution >= 4 is 34.3 Å². The first-order valence-electron chi connectivity index (χ1n) is 2.32. The number of hydrogen-bond acceptors (Lipinski definition) is 6. The zero-order chi connectivity index (χ0) is 7.40. The van der Waals surface area contributed by atoms with Crippen LogP contribution in [0, 0.1) is 0 Å². The van der Waals surface area contributed by atoms with Gasteiger partial charge < -0.3 is 0 Å². The van der Waals surface area contributed by atoms with E-state index >= 15 is 0 Å². The van der Waals surface area contributed by atoms with E-state index in [9.17, 15) is 4.79 Å². The number of rotatable bonds is 2. The van der Waals surface area contributed by atoms with Gasteiger partial charge in [0.2, 0.25) is 11.2 Å². The lowest BCUT2D eigenvalue weighted by Gasteiger charge is -1.75. The van der Waals surface area contributed by atoms with Crippen molar-refractivity contribution in [2.75, 3.05) is 6.26 Å². The highest BCUT2D eigenvalue weighted by Gasteiger charge is 1.98. The maximum atomic E-state index is 9.71. The van der Waals surface area contributed by atoms with Crippen LogP contribution in [0.5, 0.6) is 0 Å². The molecule has 1 aromatic heterocycles. The number of aromatic nitrogens is 2. The fraction of sp³-hybridized carbons (Fsp3) is 0.250. The fourth-order valence-electron chi connectivity index (χ4n) is 0.369. The minimum Gasteiger partial charge on any atom is -0.211 e. The highest BCUT2D eigenvalue weighted by molar-refractivity contribution is 8.00. The molecule has 1 aromatic rings. The molecule has 6 heteroatoms. The molecule has 4 nitrogen and oxygen atoms in total. The summed E-state index contributed by atoms with van der Waals surface area (Å²) in [6.07, 6.45) is 3.28. The third kappa shape index (κ3) is 1.63. The van der Waals surface area contributed by atoms with Gasteiger partial charge in [-0.25, -0.2) is 4.79 Å². The van der Waals surface area contributed by atoms with Crippen LogP contribution in [-0.4, -0.2) is 22.5 Å². The van der Waals surface area contributed by atoms with Gasteiger partial charge in [-0.1, -0.05) is 23.1 Å². The third-order valence-corrected chi connectivity index (χ3v) is 2.50. The molecule has 0 saturated carbocycles. The van der Waals surface area contributed by atoms with Gasteiger partial charge in [-0.3, -0.25) is 0 Å². The minimum atomic E-state index is 0.361. The average Bonchev–Trinajstić information content (AvgIpc) is 2.37. The number of isocyanates is 1. The molecule has 0 aliphatic heterocycles. The molecular formula is C4H3N3OS2. The molecule has 52 valence electrons. The average molecular weight is 173 g/mol. The molecule has 0 radical (unpaired) electrons. The van der Waals surface area contributed by atoms with E-state index in [4.69, 9.17) is 0 Å². The lowest BCUT2D eigenvalue weighted by atomic mass is 11.2. The zero-order valence-electron chi connectivity index (χ0n) is 5.07. The second-order valence-corrected chi connectivity index (χ2v) is 3.27. The first-order valence-corrected chi connectivity index (χ1v) is 4.36. The van der Waals surface area contributed by atoms with Gasteiger partial charge in [0, 0.05) is 0 Å². The van der Waals surface area contributed by atoms with Gasteiger partial charge in [0.1, 0.15) is 0 Å². The van der Waals surface area contributed by atoms with E-state index in [0.29, 0.717) is 5.13 Å². The van der Waals surface area contributed by atoms with Crippen molar-refractivity contribution in [3.05, 3.63) is 0 Å². The van der Waals surface area contributed by atoms with Crippen LogP contribution in [0.3, 0.4) is 0 Å². The normalized spacial score (nSPS) is 8.90. The van der Waals surface area contributed by atoms with Gasteiger partial charge in [-0.2, -0.15) is 0 Å². The lowest BCUT2D eigenvalue weighted by Crippen LogP contribution is -1.66. The summed E-state index contributed by atoms with van der Waals surface area (Å²) < 4.78 is 0.800. The number of carbonyl (C=O) groups excluding carboxylic acids is 1. The smallest absolute Gasteiger partial charge is 0.211 e. The van der Waals surface area contributed by atoms with Crippen molar-refractivity contribution in [3.63, 3.8) is 0 Å². The summed E-state index contributed by atoms with van der Waals surface area (Å²) in [4.78, 5) is 13.0. The van der Waals surface area contributed by atoms with Crippen LogP contribution in [-0.2, 0) is 4.79 Å². The summed E-state index contributed by atoms with van der Waals surface area (Å²) in [6.45, 7) is 0. The lowest BCUT2D eigenvalue weighted by molar-refractivity contribution is 0.565. The summed E-state index contributed by atoms with van der Waals surface area (Å²) in [6, 6.07) is 0. The zero-order valence-corrected chi connectivity index (χ0v) is 6.70. The summed E-state index contributed by atoms with van der Waals surface area (Å²) >= 11 is 2.74. The predicted molar refractivity (Wildman–Crippen MR) is 39.5 cm³/mol. The monoisotopic (exact) mass is 173 g/mol. The molecule has 0 amide bonds. The molecule has 0 unspecified atom stereocenters. The molecule has 0 spiro atoms. The highest BCUT2D eigenvalue weighted by Crippen LogP contribution is 2.24. The van der Waals surface area contributed by atoms with Crippen LogP contribution < -0.4 is 0 Å². The number of hydrogen-bond donors (Lipinski definition) is 0. The van der Waals surface area contributed by atoms with Crippen molar-refractivity contribution in [2.45, 2.75) is 4.34 Å². The highest BCUT2D eigenvalue weighted by atomic mass is 32.2. The van der Waals surface area contributed by atoms with E-state index in [0.717, 1.165) is 4.34 Å². The van der Waals surface area contributed by atoms with Crippen LogP contribution in [0.1, 0.15) is 0 Å². The first-order chi connectivity index (χ1) is 4.86. The van der Waals surface area contributed by atoms with Gasteiger partial charge in [-0.05, 0) is 6.26 Å². The second-order valence-electron chi connectivity index (χ2n) is 1.26. The number of thioether (sulfide) groups is 1. The quantitative estimate of drug-likeness (QED) is 0.383. The van der Waals surface area contributed by atoms with E-state index in [1.165, 1.54) is 29.2 Å². The van der Waals surface area contributed by atoms with E-state index in [2.05, 4.69) is 15.2 Å². The Morgan fingerprint density at radius 1 is 1.70 bits per heavy atom. The molecule has 0 fully saturated rings. The number of aliphatic imine (C=N–C) groups is 1. The maximum absolute atomic E-state index is 9.71. The van der Waals surface area contributed by atoms with Crippen LogP contribution in [0.25, 0.3) is 0 Å². The van der Waals surface area contributed by atoms with Crippen LogP contribution in [0.4, 0.5) is 5.13 Å². The Kier molecular flexibility index (Phi) is 2.56. The summed E-state index contributed by atoms with van der Waals surface area (Å²) in [5.74, 6) is 0. The molecule has 0 aromatic carbocycles. The molecule has 0 aliphatic carbocycles. The Morgan fingerprint density at radius 3 is 3.00 bits per heavy atom. The Bertz CT molecular complexity index is 265. The SMILES string of the molecule is CSc1nnc(N=C=O)s1. The molecule has 0 saturated heterocycles. The van der Waals surface area contributed by atoms with Crippen LogP contribution in [0.2, 0.25) is 0 Å². The van der Waals surface area contributed by atoms with Crippen molar-refractivity contribution in [1.29, 1.82) is 0 Å². The Morgan fingerprint density at radius 2 is 2.50 bits per heavy atom. The molecule has 1 heterocycles. The molecule has 0 N–H and O–H groups in total. The second kappa shape index (κ2) is 3.46. The molecule has 10 heavy (non-hydrogen) atoms. The van der Waals surface area contributed by atoms with Gasteiger partial charge >= 0.3 is 0 Å². The van der Waals surface area contributed by atoms with Gasteiger partial charge in [0.25, 0.3) is 0 Å². The van der Waals surface area contributed by atoms with Gasteiger partial charge in [0.15, 0.2) is 4.34 Å².